The van der Waals surface area contributed by atoms with Gasteiger partial charge in [-0.3, -0.25) is 0 Å². The molecular weight excluding hydrogens is 908 g/mol. The summed E-state index contributed by atoms with van der Waals surface area (Å²) in [6.07, 6.45) is 0. The first-order valence-electron chi connectivity index (χ1n) is 26.7. The molecule has 2 aliphatic heterocycles. The lowest BCUT2D eigenvalue weighted by molar-refractivity contribution is 0.590. The summed E-state index contributed by atoms with van der Waals surface area (Å²) < 4.78 is 6.59. The Morgan fingerprint density at radius 1 is 0.387 bits per heavy atom. The Kier molecular flexibility index (Phi) is 9.86. The normalized spacial score (nSPS) is 14.2. The molecule has 0 radical (unpaired) electrons. The molecule has 0 spiro atoms. The molecule has 0 N–H and O–H groups in total. The summed E-state index contributed by atoms with van der Waals surface area (Å²) in [7, 11) is 0. The Hall–Kier alpha value is -8.34. The smallest absolute Gasteiger partial charge is 0.252 e. The third kappa shape index (κ3) is 6.95. The highest BCUT2D eigenvalue weighted by atomic mass is 16.3. The van der Waals surface area contributed by atoms with Crippen LogP contribution in [0.1, 0.15) is 77.6 Å². The van der Waals surface area contributed by atoms with E-state index in [1.165, 1.54) is 100 Å². The van der Waals surface area contributed by atoms with Crippen molar-refractivity contribution < 1.29 is 4.42 Å². The van der Waals surface area contributed by atoms with Gasteiger partial charge in [0.25, 0.3) is 6.71 Å². The number of hydrogen-bond acceptors (Lipinski definition) is 3. The molecule has 362 valence electrons. The maximum atomic E-state index is 6.59. The van der Waals surface area contributed by atoms with Crippen molar-refractivity contribution in [3.63, 3.8) is 0 Å². The molecule has 0 unspecified atom stereocenters. The van der Waals surface area contributed by atoms with E-state index in [4.69, 9.17) is 4.42 Å². The molecule has 4 heteroatoms. The van der Waals surface area contributed by atoms with Crippen LogP contribution in [0.25, 0.3) is 66.4 Å². The molecule has 3 heterocycles. The summed E-state index contributed by atoms with van der Waals surface area (Å²) in [6, 6.07) is 79.8. The molecule has 3 aliphatic rings. The SMILES string of the molecule is CC(C)(C)c1ccc2c(c1)N(c1cc3c(cc1-c1ccccc1)-c1ccccc1C3(C)C)c1cc(C(C)(C)C)cc3c1B2c1cc(-c2ccccc2)ccc1N3c1ccc(-c2cccc3c2oc2ccccc23)cc1. The summed E-state index contributed by atoms with van der Waals surface area (Å²) in [4.78, 5) is 5.24. The Labute approximate surface area is 441 Å². The molecule has 0 bridgehead atoms. The van der Waals surface area contributed by atoms with Crippen molar-refractivity contribution in [1.29, 1.82) is 0 Å². The Balaban J connectivity index is 1.06. The molecule has 3 nitrogen and oxygen atoms in total. The molecule has 1 aliphatic carbocycles. The number of hydrogen-bond donors (Lipinski definition) is 0. The van der Waals surface area contributed by atoms with E-state index in [0.717, 1.165) is 38.8 Å². The molecule has 14 rings (SSSR count). The third-order valence-corrected chi connectivity index (χ3v) is 16.8. The molecule has 0 saturated heterocycles. The van der Waals surface area contributed by atoms with Crippen LogP contribution in [0, 0.1) is 0 Å². The van der Waals surface area contributed by atoms with E-state index in [2.05, 4.69) is 271 Å². The molecule has 75 heavy (non-hydrogen) atoms. The minimum Gasteiger partial charge on any atom is -0.455 e. The Bertz CT molecular complexity index is 4110. The highest BCUT2D eigenvalue weighted by molar-refractivity contribution is 7.00. The predicted molar refractivity (Wildman–Crippen MR) is 319 cm³/mol. The van der Waals surface area contributed by atoms with E-state index in [9.17, 15) is 0 Å². The predicted octanol–water partition coefficient (Wildman–Crippen LogP) is 17.6. The number of para-hydroxylation sites is 2. The fourth-order valence-corrected chi connectivity index (χ4v) is 12.8. The first kappa shape index (κ1) is 45.3. The monoisotopic (exact) mass is 966 g/mol. The second-order valence-corrected chi connectivity index (χ2v) is 23.7. The summed E-state index contributed by atoms with van der Waals surface area (Å²) in [5, 5.41) is 2.27. The van der Waals surface area contributed by atoms with Crippen molar-refractivity contribution in [1.82, 2.24) is 0 Å². The fraction of sp³-hybridized carbons (Fsp3) is 0.155. The molecule has 10 aromatic carbocycles. The van der Waals surface area contributed by atoms with Crippen molar-refractivity contribution in [3.05, 3.63) is 235 Å². The van der Waals surface area contributed by atoms with Crippen molar-refractivity contribution in [2.45, 2.75) is 71.6 Å². The van der Waals surface area contributed by atoms with Gasteiger partial charge in [-0.25, -0.2) is 0 Å². The second-order valence-electron chi connectivity index (χ2n) is 23.7. The standard InChI is InChI=1S/C71H59BN2O/c1-69(2,3)48-33-36-59-63(39-48)74(62-43-58-56(42-55(62)45-22-13-10-14-23-45)52-24-15-17-28-57(52)71(58,7)8)65-41-49(70(4,5)6)40-64-67(65)72(59)60-38-47(44-20-11-9-12-21-44)32-37-61(60)73(64)50-34-30-46(31-35-50)51-26-19-27-54-53-25-16-18-29-66(53)75-68(51)54/h9-43H,1-8H3. The van der Waals surface area contributed by atoms with Crippen molar-refractivity contribution >= 4 is 79.2 Å². The van der Waals surface area contributed by atoms with Crippen LogP contribution in [0.2, 0.25) is 0 Å². The number of fused-ring (bicyclic) bond motifs is 10. The van der Waals surface area contributed by atoms with Crippen LogP contribution >= 0.6 is 0 Å². The van der Waals surface area contributed by atoms with Gasteiger partial charge in [0.2, 0.25) is 0 Å². The first-order chi connectivity index (χ1) is 36.2. The van der Waals surface area contributed by atoms with Gasteiger partial charge in [0, 0.05) is 55.8 Å². The number of benzene rings is 10. The molecule has 1 aromatic heterocycles. The third-order valence-electron chi connectivity index (χ3n) is 16.8. The largest absolute Gasteiger partial charge is 0.455 e. The summed E-state index contributed by atoms with van der Waals surface area (Å²) >= 11 is 0. The second kappa shape index (κ2) is 16.3. The van der Waals surface area contributed by atoms with Gasteiger partial charge in [0.1, 0.15) is 11.2 Å². The van der Waals surface area contributed by atoms with Gasteiger partial charge in [-0.1, -0.05) is 213 Å². The molecule has 0 atom stereocenters. The summed E-state index contributed by atoms with van der Waals surface area (Å²) in [5.74, 6) is 0. The van der Waals surface area contributed by atoms with Crippen molar-refractivity contribution in [3.8, 4) is 44.5 Å². The summed E-state index contributed by atoms with van der Waals surface area (Å²) in [6.45, 7) is 18.9. The molecule has 0 fully saturated rings. The van der Waals surface area contributed by atoms with Gasteiger partial charge in [0.05, 0.1) is 5.69 Å². The van der Waals surface area contributed by atoms with Crippen molar-refractivity contribution in [2.75, 3.05) is 9.80 Å². The Morgan fingerprint density at radius 2 is 1.00 bits per heavy atom. The van der Waals surface area contributed by atoms with Crippen LogP contribution in [-0.2, 0) is 16.2 Å². The van der Waals surface area contributed by atoms with Gasteiger partial charge in [-0.15, -0.1) is 0 Å². The minimum absolute atomic E-state index is 0.0561. The van der Waals surface area contributed by atoms with Crippen LogP contribution in [0.4, 0.5) is 34.1 Å². The summed E-state index contributed by atoms with van der Waals surface area (Å²) in [5.41, 5.74) is 27.4. The lowest BCUT2D eigenvalue weighted by atomic mass is 9.33. The molecule has 11 aromatic rings. The van der Waals surface area contributed by atoms with Gasteiger partial charge < -0.3 is 14.2 Å². The van der Waals surface area contributed by atoms with E-state index >= 15 is 0 Å². The minimum atomic E-state index is -0.206. The number of furan rings is 1. The zero-order valence-electron chi connectivity index (χ0n) is 44.1. The Morgan fingerprint density at radius 3 is 1.75 bits per heavy atom. The maximum Gasteiger partial charge on any atom is 0.252 e. The number of nitrogens with zero attached hydrogens (tertiary/aromatic N) is 2. The number of rotatable bonds is 5. The van der Waals surface area contributed by atoms with Crippen LogP contribution in [0.15, 0.2) is 217 Å². The molecular formula is C71H59BN2O. The van der Waals surface area contributed by atoms with Crippen molar-refractivity contribution in [2.24, 2.45) is 0 Å². The number of anilines is 6. The molecule has 0 saturated carbocycles. The highest BCUT2D eigenvalue weighted by Crippen LogP contribution is 2.55. The van der Waals surface area contributed by atoms with E-state index in [1.54, 1.807) is 0 Å². The zero-order valence-corrected chi connectivity index (χ0v) is 44.1. The fourth-order valence-electron chi connectivity index (χ4n) is 12.8. The van der Waals surface area contributed by atoms with E-state index in [-0.39, 0.29) is 23.0 Å². The van der Waals surface area contributed by atoms with E-state index < -0.39 is 0 Å². The lowest BCUT2D eigenvalue weighted by Gasteiger charge is -2.46. The zero-order chi connectivity index (χ0) is 51.1. The van der Waals surface area contributed by atoms with Crippen LogP contribution in [-0.4, -0.2) is 6.71 Å². The first-order valence-corrected chi connectivity index (χ1v) is 26.7. The quantitative estimate of drug-likeness (QED) is 0.160. The van der Waals surface area contributed by atoms with E-state index in [0.29, 0.717) is 0 Å². The van der Waals surface area contributed by atoms with Crippen LogP contribution in [0.5, 0.6) is 0 Å². The van der Waals surface area contributed by atoms with Crippen LogP contribution < -0.4 is 26.2 Å². The topological polar surface area (TPSA) is 19.6 Å². The van der Waals surface area contributed by atoms with Gasteiger partial charge in [-0.05, 0) is 137 Å². The van der Waals surface area contributed by atoms with Gasteiger partial charge >= 0.3 is 0 Å². The molecule has 0 amide bonds. The van der Waals surface area contributed by atoms with Gasteiger partial charge in [0.15, 0.2) is 0 Å². The maximum absolute atomic E-state index is 6.59. The van der Waals surface area contributed by atoms with Crippen LogP contribution in [0.3, 0.4) is 0 Å². The average molecular weight is 967 g/mol. The highest BCUT2D eigenvalue weighted by Gasteiger charge is 2.46. The van der Waals surface area contributed by atoms with E-state index in [1.807, 2.05) is 6.07 Å². The van der Waals surface area contributed by atoms with Gasteiger partial charge in [-0.2, -0.15) is 0 Å². The average Bonchev–Trinajstić information content (AvgIpc) is 3.97. The lowest BCUT2D eigenvalue weighted by Crippen LogP contribution is -2.61.